The van der Waals surface area contributed by atoms with Crippen LogP contribution in [-0.2, 0) is 9.53 Å². The second kappa shape index (κ2) is 11.5. The van der Waals surface area contributed by atoms with Gasteiger partial charge in [-0.3, -0.25) is 20.0 Å². The fraction of sp³-hybridized carbons (Fsp3) is 0.696. The molecule has 9 nitrogen and oxygen atoms in total. The minimum atomic E-state index is -4.58. The Morgan fingerprint density at radius 2 is 2.00 bits per heavy atom. The molecule has 0 saturated carbocycles. The molecule has 4 heterocycles. The fourth-order valence-corrected chi connectivity index (χ4v) is 5.21. The number of amides is 1. The van der Waals surface area contributed by atoms with Crippen LogP contribution in [0.25, 0.3) is 0 Å². The summed E-state index contributed by atoms with van der Waals surface area (Å²) in [5, 5.41) is 8.90. The molecule has 4 rings (SSSR count). The third-order valence-corrected chi connectivity index (χ3v) is 7.04. The van der Waals surface area contributed by atoms with E-state index in [1.54, 1.807) is 17.2 Å². The summed E-state index contributed by atoms with van der Waals surface area (Å²) >= 11 is 0. The van der Waals surface area contributed by atoms with Crippen LogP contribution < -0.4 is 15.8 Å². The van der Waals surface area contributed by atoms with Crippen LogP contribution in [0.4, 0.5) is 19.0 Å². The van der Waals surface area contributed by atoms with E-state index < -0.39 is 24.0 Å². The van der Waals surface area contributed by atoms with E-state index in [-0.39, 0.29) is 12.6 Å². The monoisotopic (exact) mass is 495 g/mol. The Kier molecular flexibility index (Phi) is 8.43. The van der Waals surface area contributed by atoms with E-state index in [9.17, 15) is 18.0 Å². The van der Waals surface area contributed by atoms with Crippen molar-refractivity contribution in [1.82, 2.24) is 25.6 Å². The van der Waals surface area contributed by atoms with Gasteiger partial charge in [-0.05, 0) is 37.9 Å². The van der Waals surface area contributed by atoms with Gasteiger partial charge in [0.15, 0.2) is 5.92 Å². The van der Waals surface area contributed by atoms with Crippen molar-refractivity contribution in [3.8, 4) is 6.07 Å². The van der Waals surface area contributed by atoms with E-state index in [2.05, 4.69) is 31.7 Å². The third kappa shape index (κ3) is 6.41. The van der Waals surface area contributed by atoms with Crippen LogP contribution in [0, 0.1) is 17.2 Å². The first-order chi connectivity index (χ1) is 16.9. The normalized spacial score (nSPS) is 26.5. The van der Waals surface area contributed by atoms with Gasteiger partial charge in [-0.15, -0.1) is 0 Å². The van der Waals surface area contributed by atoms with Crippen LogP contribution in [-0.4, -0.2) is 98.0 Å². The number of alkyl halides is 3. The molecular weight excluding hydrogens is 463 g/mol. The molecule has 3 aliphatic heterocycles. The number of hydrogen-bond donors (Lipinski definition) is 2. The maximum absolute atomic E-state index is 13.5. The minimum absolute atomic E-state index is 0.0659. The summed E-state index contributed by atoms with van der Waals surface area (Å²) in [6.45, 7) is 5.97. The SMILES string of the molecule is N#Cc1ccc(N2CCN(CCCOC[C@@H]3CCCN3C3CNNC(=O)C3C(F)(F)F)CC2)nc1. The Hall–Kier alpha value is -2.46. The van der Waals surface area contributed by atoms with Crippen LogP contribution in [0.1, 0.15) is 24.8 Å². The molecule has 2 unspecified atom stereocenters. The number of aromatic nitrogens is 1. The Morgan fingerprint density at radius 1 is 1.20 bits per heavy atom. The molecule has 0 bridgehead atoms. The minimum Gasteiger partial charge on any atom is -0.380 e. The summed E-state index contributed by atoms with van der Waals surface area (Å²) in [5.41, 5.74) is 5.28. The third-order valence-electron chi connectivity index (χ3n) is 7.04. The number of hydrogen-bond acceptors (Lipinski definition) is 8. The van der Waals surface area contributed by atoms with Crippen molar-refractivity contribution in [3.05, 3.63) is 23.9 Å². The summed E-state index contributed by atoms with van der Waals surface area (Å²) in [5.74, 6) is -2.16. The van der Waals surface area contributed by atoms with Gasteiger partial charge < -0.3 is 9.64 Å². The predicted molar refractivity (Wildman–Crippen MR) is 122 cm³/mol. The molecule has 1 aromatic rings. The molecule has 0 spiro atoms. The van der Waals surface area contributed by atoms with Crippen LogP contribution in [0.15, 0.2) is 18.3 Å². The van der Waals surface area contributed by atoms with Gasteiger partial charge in [0.2, 0.25) is 5.91 Å². The number of carbonyl (C=O) groups is 1. The molecule has 192 valence electrons. The average Bonchev–Trinajstić information content (AvgIpc) is 3.32. The first kappa shape index (κ1) is 25.6. The molecule has 1 amide bonds. The molecule has 3 saturated heterocycles. The maximum Gasteiger partial charge on any atom is 0.402 e. The summed E-state index contributed by atoms with van der Waals surface area (Å²) in [4.78, 5) is 22.7. The topological polar surface area (TPSA) is 96.8 Å². The highest BCUT2D eigenvalue weighted by atomic mass is 19.4. The lowest BCUT2D eigenvalue weighted by Gasteiger charge is -2.40. The van der Waals surface area contributed by atoms with E-state index in [4.69, 9.17) is 10.00 Å². The van der Waals surface area contributed by atoms with Gasteiger partial charge in [-0.25, -0.2) is 10.4 Å². The Labute approximate surface area is 203 Å². The average molecular weight is 496 g/mol. The maximum atomic E-state index is 13.5. The molecule has 1 aromatic heterocycles. The quantitative estimate of drug-likeness (QED) is 0.519. The van der Waals surface area contributed by atoms with Gasteiger partial charge >= 0.3 is 6.18 Å². The first-order valence-corrected chi connectivity index (χ1v) is 12.1. The first-order valence-electron chi connectivity index (χ1n) is 12.1. The van der Waals surface area contributed by atoms with E-state index in [0.717, 1.165) is 57.8 Å². The van der Waals surface area contributed by atoms with Crippen molar-refractivity contribution in [2.75, 3.05) is 63.9 Å². The molecule has 12 heteroatoms. The molecule has 0 aliphatic carbocycles. The van der Waals surface area contributed by atoms with Gasteiger partial charge in [0, 0.05) is 64.2 Å². The van der Waals surface area contributed by atoms with Crippen molar-refractivity contribution in [2.24, 2.45) is 5.92 Å². The molecule has 3 atom stereocenters. The van der Waals surface area contributed by atoms with Gasteiger partial charge in [0.1, 0.15) is 11.9 Å². The van der Waals surface area contributed by atoms with Gasteiger partial charge in [-0.2, -0.15) is 18.4 Å². The smallest absolute Gasteiger partial charge is 0.380 e. The van der Waals surface area contributed by atoms with E-state index in [1.165, 1.54) is 0 Å². The van der Waals surface area contributed by atoms with E-state index in [1.807, 2.05) is 6.07 Å². The van der Waals surface area contributed by atoms with Crippen molar-refractivity contribution in [2.45, 2.75) is 37.5 Å². The summed E-state index contributed by atoms with van der Waals surface area (Å²) in [7, 11) is 0. The lowest BCUT2D eigenvalue weighted by atomic mass is 9.94. The number of nitrogens with one attached hydrogen (secondary N) is 2. The number of carbonyl (C=O) groups excluding carboxylic acids is 1. The lowest BCUT2D eigenvalue weighted by molar-refractivity contribution is -0.201. The van der Waals surface area contributed by atoms with Crippen LogP contribution in [0.2, 0.25) is 0 Å². The highest BCUT2D eigenvalue weighted by Crippen LogP contribution is 2.35. The number of anilines is 1. The molecule has 2 N–H and O–H groups in total. The highest BCUT2D eigenvalue weighted by Gasteiger charge is 2.54. The largest absolute Gasteiger partial charge is 0.402 e. The summed E-state index contributed by atoms with van der Waals surface area (Å²) in [6.07, 6.45) is -0.568. The highest BCUT2D eigenvalue weighted by molar-refractivity contribution is 5.80. The summed E-state index contributed by atoms with van der Waals surface area (Å²) < 4.78 is 46.5. The molecular formula is C23H32F3N7O2. The standard InChI is InChI=1S/C23H32F3N7O2/c24-23(25,26)21-19(15-29-30-22(21)34)33-7-1-3-18(33)16-35-12-2-6-31-8-10-32(11-9-31)20-5-4-17(13-27)14-28-20/h4-5,14,18-19,21,29H,1-3,6-12,15-16H2,(H,30,34)/t18-,19?,21?/m0/s1. The zero-order chi connectivity index (χ0) is 24.8. The number of nitriles is 1. The van der Waals surface area contributed by atoms with Crippen LogP contribution in [0.3, 0.4) is 0 Å². The van der Waals surface area contributed by atoms with E-state index >= 15 is 0 Å². The second-order valence-electron chi connectivity index (χ2n) is 9.26. The van der Waals surface area contributed by atoms with Crippen molar-refractivity contribution in [3.63, 3.8) is 0 Å². The molecule has 0 radical (unpaired) electrons. The van der Waals surface area contributed by atoms with Gasteiger partial charge in [0.25, 0.3) is 0 Å². The number of nitrogens with zero attached hydrogens (tertiary/aromatic N) is 5. The molecule has 0 aromatic carbocycles. The number of likely N-dealkylation sites (tertiary alicyclic amines) is 1. The van der Waals surface area contributed by atoms with Crippen LogP contribution in [0.5, 0.6) is 0 Å². The predicted octanol–water partition coefficient (Wildman–Crippen LogP) is 1.13. The van der Waals surface area contributed by atoms with E-state index in [0.29, 0.717) is 25.3 Å². The molecule has 3 fully saturated rings. The van der Waals surface area contributed by atoms with Crippen molar-refractivity contribution >= 4 is 11.7 Å². The molecule has 35 heavy (non-hydrogen) atoms. The van der Waals surface area contributed by atoms with Crippen molar-refractivity contribution < 1.29 is 22.7 Å². The Balaban J connectivity index is 1.16. The number of piperazine rings is 1. The van der Waals surface area contributed by atoms with Crippen LogP contribution >= 0.6 is 0 Å². The second-order valence-corrected chi connectivity index (χ2v) is 9.26. The number of pyridine rings is 1. The Morgan fingerprint density at radius 3 is 2.69 bits per heavy atom. The zero-order valence-electron chi connectivity index (χ0n) is 19.6. The zero-order valence-corrected chi connectivity index (χ0v) is 19.6. The molecule has 3 aliphatic rings. The number of halogens is 3. The number of ether oxygens (including phenoxy) is 1. The Bertz CT molecular complexity index is 885. The van der Waals surface area contributed by atoms with Gasteiger partial charge in [0.05, 0.1) is 12.2 Å². The van der Waals surface area contributed by atoms with Gasteiger partial charge in [-0.1, -0.05) is 0 Å². The fourth-order valence-electron chi connectivity index (χ4n) is 5.21. The summed E-state index contributed by atoms with van der Waals surface area (Å²) in [6, 6.07) is 4.71. The number of hydrazine groups is 1. The number of rotatable bonds is 8. The lowest BCUT2D eigenvalue weighted by Crippen LogP contribution is -2.65. The van der Waals surface area contributed by atoms with Crippen molar-refractivity contribution in [1.29, 1.82) is 5.26 Å².